The Kier molecular flexibility index (Phi) is 3.35. The number of nitrogens with one attached hydrogen (secondary N) is 3. The van der Waals surface area contributed by atoms with E-state index in [0.29, 0.717) is 35.0 Å². The van der Waals surface area contributed by atoms with Crippen molar-refractivity contribution in [3.8, 4) is 10.7 Å². The Morgan fingerprint density at radius 1 is 1.13 bits per heavy atom. The molecule has 7 nitrogen and oxygen atoms in total. The van der Waals surface area contributed by atoms with Crippen LogP contribution in [0.5, 0.6) is 0 Å². The Hall–Kier alpha value is -3.00. The number of fused-ring (bicyclic) bond motifs is 1. The number of nitrogens with zero attached hydrogens (tertiary/aromatic N) is 3. The van der Waals surface area contributed by atoms with E-state index in [1.807, 2.05) is 29.6 Å². The Morgan fingerprint density at radius 2 is 2.04 bits per heavy atom. The van der Waals surface area contributed by atoms with Gasteiger partial charge in [-0.05, 0) is 23.6 Å². The van der Waals surface area contributed by atoms with Gasteiger partial charge < -0.3 is 5.32 Å². The van der Waals surface area contributed by atoms with Gasteiger partial charge in [-0.2, -0.15) is 5.10 Å². The van der Waals surface area contributed by atoms with Gasteiger partial charge in [-0.1, -0.05) is 18.2 Å². The zero-order valence-electron chi connectivity index (χ0n) is 11.9. The van der Waals surface area contributed by atoms with E-state index in [4.69, 9.17) is 0 Å². The summed E-state index contributed by atoms with van der Waals surface area (Å²) in [4.78, 5) is 24.5. The Bertz CT molecular complexity index is 1000. The van der Waals surface area contributed by atoms with Crippen LogP contribution < -0.4 is 10.9 Å². The minimum Gasteiger partial charge on any atom is -0.348 e. The van der Waals surface area contributed by atoms with Crippen molar-refractivity contribution in [2.75, 3.05) is 5.32 Å². The summed E-state index contributed by atoms with van der Waals surface area (Å²) in [7, 11) is 0. The van der Waals surface area contributed by atoms with Gasteiger partial charge in [-0.25, -0.2) is 9.97 Å². The highest BCUT2D eigenvalue weighted by Gasteiger charge is 2.07. The molecule has 0 amide bonds. The molecule has 0 saturated carbocycles. The van der Waals surface area contributed by atoms with Crippen LogP contribution in [0.25, 0.3) is 21.6 Å². The van der Waals surface area contributed by atoms with Crippen molar-refractivity contribution < 1.29 is 0 Å². The smallest absolute Gasteiger partial charge is 0.260 e. The van der Waals surface area contributed by atoms with Gasteiger partial charge in [0.05, 0.1) is 22.3 Å². The van der Waals surface area contributed by atoms with E-state index >= 15 is 0 Å². The summed E-state index contributed by atoms with van der Waals surface area (Å²) in [5, 5.41) is 12.7. The van der Waals surface area contributed by atoms with Gasteiger partial charge in [0.25, 0.3) is 5.56 Å². The maximum Gasteiger partial charge on any atom is 0.260 e. The molecular formula is C15H12N6OS. The first-order chi connectivity index (χ1) is 11.3. The molecule has 1 aromatic carbocycles. The van der Waals surface area contributed by atoms with Crippen LogP contribution in [-0.4, -0.2) is 25.1 Å². The van der Waals surface area contributed by atoms with Crippen molar-refractivity contribution in [2.45, 2.75) is 6.54 Å². The molecule has 114 valence electrons. The lowest BCUT2D eigenvalue weighted by molar-refractivity contribution is 0.936. The van der Waals surface area contributed by atoms with E-state index in [2.05, 4.69) is 30.5 Å². The molecular weight excluding hydrogens is 312 g/mol. The predicted octanol–water partition coefficient (Wildman–Crippen LogP) is 2.38. The Morgan fingerprint density at radius 3 is 2.91 bits per heavy atom. The second-order valence-electron chi connectivity index (χ2n) is 4.87. The van der Waals surface area contributed by atoms with Gasteiger partial charge in [0.2, 0.25) is 5.95 Å². The average molecular weight is 324 g/mol. The van der Waals surface area contributed by atoms with Crippen molar-refractivity contribution in [3.05, 3.63) is 58.0 Å². The summed E-state index contributed by atoms with van der Waals surface area (Å²) in [5.74, 6) is 1.74. The molecule has 23 heavy (non-hydrogen) atoms. The van der Waals surface area contributed by atoms with Gasteiger partial charge in [-0.3, -0.25) is 14.9 Å². The fourth-order valence-electron chi connectivity index (χ4n) is 2.23. The number of para-hydroxylation sites is 1. The summed E-state index contributed by atoms with van der Waals surface area (Å²) < 4.78 is 0. The van der Waals surface area contributed by atoms with Crippen LogP contribution in [0.2, 0.25) is 0 Å². The van der Waals surface area contributed by atoms with Crippen molar-refractivity contribution in [1.82, 2.24) is 25.1 Å². The average Bonchev–Trinajstić information content (AvgIpc) is 3.24. The van der Waals surface area contributed by atoms with E-state index < -0.39 is 0 Å². The molecule has 0 atom stereocenters. The third-order valence-electron chi connectivity index (χ3n) is 3.31. The van der Waals surface area contributed by atoms with Crippen molar-refractivity contribution in [2.24, 2.45) is 0 Å². The molecule has 3 aromatic heterocycles. The van der Waals surface area contributed by atoms with Crippen LogP contribution in [0.15, 0.2) is 46.6 Å². The van der Waals surface area contributed by atoms with E-state index in [9.17, 15) is 4.79 Å². The fourth-order valence-corrected chi connectivity index (χ4v) is 2.89. The normalized spacial score (nSPS) is 11.0. The molecule has 0 bridgehead atoms. The number of anilines is 1. The summed E-state index contributed by atoms with van der Waals surface area (Å²) in [5.41, 5.74) is 0.477. The van der Waals surface area contributed by atoms with Crippen LogP contribution in [0.3, 0.4) is 0 Å². The first-order valence-electron chi connectivity index (χ1n) is 6.98. The lowest BCUT2D eigenvalue weighted by Gasteiger charge is -2.04. The molecule has 3 heterocycles. The van der Waals surface area contributed by atoms with Gasteiger partial charge in [0.15, 0.2) is 5.82 Å². The van der Waals surface area contributed by atoms with E-state index in [-0.39, 0.29) is 5.56 Å². The molecule has 0 aliphatic carbocycles. The molecule has 0 aliphatic heterocycles. The Balaban J connectivity index is 1.54. The van der Waals surface area contributed by atoms with E-state index in [0.717, 1.165) is 4.88 Å². The highest BCUT2D eigenvalue weighted by molar-refractivity contribution is 7.13. The molecule has 0 radical (unpaired) electrons. The second-order valence-corrected chi connectivity index (χ2v) is 5.82. The molecule has 4 rings (SSSR count). The second kappa shape index (κ2) is 5.65. The van der Waals surface area contributed by atoms with Gasteiger partial charge in [0.1, 0.15) is 5.82 Å². The molecule has 0 saturated heterocycles. The van der Waals surface area contributed by atoms with Crippen LogP contribution in [0.4, 0.5) is 5.95 Å². The largest absolute Gasteiger partial charge is 0.348 e. The summed E-state index contributed by atoms with van der Waals surface area (Å²) in [6, 6.07) is 11.1. The minimum atomic E-state index is -0.171. The number of H-pyrrole nitrogens is 2. The van der Waals surface area contributed by atoms with Gasteiger partial charge in [-0.15, -0.1) is 11.3 Å². The number of aromatic nitrogens is 5. The topological polar surface area (TPSA) is 99.4 Å². The van der Waals surface area contributed by atoms with Gasteiger partial charge in [0, 0.05) is 0 Å². The first-order valence-corrected chi connectivity index (χ1v) is 7.86. The third-order valence-corrected chi connectivity index (χ3v) is 4.18. The lowest BCUT2D eigenvalue weighted by Crippen LogP contribution is -2.13. The highest BCUT2D eigenvalue weighted by Crippen LogP contribution is 2.20. The van der Waals surface area contributed by atoms with Crippen LogP contribution in [-0.2, 0) is 6.54 Å². The number of rotatable bonds is 4. The number of hydrogen-bond donors (Lipinski definition) is 3. The zero-order valence-corrected chi connectivity index (χ0v) is 12.7. The third kappa shape index (κ3) is 2.71. The van der Waals surface area contributed by atoms with Crippen LogP contribution in [0.1, 0.15) is 5.82 Å². The first kappa shape index (κ1) is 13.6. The minimum absolute atomic E-state index is 0.171. The number of aromatic amines is 2. The van der Waals surface area contributed by atoms with Crippen molar-refractivity contribution >= 4 is 28.2 Å². The summed E-state index contributed by atoms with van der Waals surface area (Å²) in [6.45, 7) is 0.389. The number of hydrogen-bond acceptors (Lipinski definition) is 6. The fraction of sp³-hybridized carbons (Fsp3) is 0.0667. The zero-order chi connectivity index (χ0) is 15.6. The lowest BCUT2D eigenvalue weighted by atomic mass is 10.2. The monoisotopic (exact) mass is 324 g/mol. The number of benzene rings is 1. The van der Waals surface area contributed by atoms with Crippen molar-refractivity contribution in [1.29, 1.82) is 0 Å². The Labute approximate surface area is 134 Å². The molecule has 0 fully saturated rings. The maximum absolute atomic E-state index is 12.0. The predicted molar refractivity (Wildman–Crippen MR) is 89.4 cm³/mol. The quantitative estimate of drug-likeness (QED) is 0.535. The van der Waals surface area contributed by atoms with Crippen LogP contribution >= 0.6 is 11.3 Å². The van der Waals surface area contributed by atoms with Crippen LogP contribution in [0, 0.1) is 0 Å². The van der Waals surface area contributed by atoms with E-state index in [1.54, 1.807) is 23.5 Å². The van der Waals surface area contributed by atoms with Gasteiger partial charge >= 0.3 is 0 Å². The summed E-state index contributed by atoms with van der Waals surface area (Å²) >= 11 is 1.58. The SMILES string of the molecule is O=c1[nH]c(NCc2nc(-c3cccs3)n[nH]2)nc2ccccc12. The summed E-state index contributed by atoms with van der Waals surface area (Å²) in [6.07, 6.45) is 0. The molecule has 0 aliphatic rings. The number of thiophene rings is 1. The molecule has 4 aromatic rings. The maximum atomic E-state index is 12.0. The molecule has 3 N–H and O–H groups in total. The molecule has 8 heteroatoms. The molecule has 0 unspecified atom stereocenters. The molecule has 0 spiro atoms. The standard InChI is InChI=1S/C15H12N6OS/c22-14-9-4-1-2-5-10(9)17-15(19-14)16-8-12-18-13(21-20-12)11-6-3-7-23-11/h1-7H,8H2,(H,18,20,21)(H2,16,17,19,22). The highest BCUT2D eigenvalue weighted by atomic mass is 32.1. The van der Waals surface area contributed by atoms with E-state index in [1.165, 1.54) is 0 Å². The van der Waals surface area contributed by atoms with Crippen molar-refractivity contribution in [3.63, 3.8) is 0 Å².